The third kappa shape index (κ3) is 3.30. The van der Waals surface area contributed by atoms with E-state index in [1.807, 2.05) is 0 Å². The van der Waals surface area contributed by atoms with Gasteiger partial charge in [-0.2, -0.15) is 0 Å². The molecule has 1 radical (unpaired) electrons. The van der Waals surface area contributed by atoms with Crippen molar-refractivity contribution in [3.63, 3.8) is 0 Å². The summed E-state index contributed by atoms with van der Waals surface area (Å²) in [5, 5.41) is 7.96. The minimum Gasteiger partial charge on any atom is -0.481 e. The van der Waals surface area contributed by atoms with E-state index in [2.05, 4.69) is 0 Å². The molecule has 0 aromatic rings. The van der Waals surface area contributed by atoms with Crippen LogP contribution in [0.25, 0.3) is 0 Å². The molecule has 0 saturated heterocycles. The van der Waals surface area contributed by atoms with E-state index < -0.39 is 12.0 Å². The first-order chi connectivity index (χ1) is 3.66. The standard InChI is InChI=1S/C4H6NO3/c5-3(2-6)1-4(7)8/h3H,1,5H2,(H,7,8)/t3-/m1/s1. The van der Waals surface area contributed by atoms with Gasteiger partial charge in [0.2, 0.25) is 6.29 Å². The van der Waals surface area contributed by atoms with Crippen LogP contribution >= 0.6 is 0 Å². The largest absolute Gasteiger partial charge is 0.481 e. The molecule has 0 amide bonds. The SMILES string of the molecule is N[C@@H]([C]=O)CC(=O)O. The molecule has 4 nitrogen and oxygen atoms in total. The smallest absolute Gasteiger partial charge is 0.305 e. The third-order valence-corrected chi connectivity index (χ3v) is 0.546. The summed E-state index contributed by atoms with van der Waals surface area (Å²) in [6.07, 6.45) is 0.999. The lowest BCUT2D eigenvalue weighted by Gasteiger charge is -1.93. The van der Waals surface area contributed by atoms with Gasteiger partial charge in [-0.05, 0) is 0 Å². The molecule has 0 bridgehead atoms. The molecule has 0 aromatic heterocycles. The summed E-state index contributed by atoms with van der Waals surface area (Å²) in [5.74, 6) is -1.08. The van der Waals surface area contributed by atoms with Crippen molar-refractivity contribution < 1.29 is 14.7 Å². The summed E-state index contributed by atoms with van der Waals surface area (Å²) in [5.41, 5.74) is 4.87. The lowest BCUT2D eigenvalue weighted by molar-refractivity contribution is -0.137. The van der Waals surface area contributed by atoms with Crippen LogP contribution in [0.3, 0.4) is 0 Å². The zero-order valence-corrected chi connectivity index (χ0v) is 4.13. The first-order valence-electron chi connectivity index (χ1n) is 2.02. The Bertz CT molecular complexity index is 101. The number of carboxylic acid groups (broad SMARTS) is 1. The molecule has 0 heterocycles. The van der Waals surface area contributed by atoms with Crippen molar-refractivity contribution in [2.75, 3.05) is 0 Å². The average Bonchev–Trinajstić information content (AvgIpc) is 1.65. The maximum atomic E-state index is 9.71. The zero-order valence-electron chi connectivity index (χ0n) is 4.13. The van der Waals surface area contributed by atoms with E-state index in [0.29, 0.717) is 0 Å². The van der Waals surface area contributed by atoms with E-state index in [9.17, 15) is 9.59 Å². The summed E-state index contributed by atoms with van der Waals surface area (Å²) in [6.45, 7) is 0. The lowest BCUT2D eigenvalue weighted by atomic mass is 10.2. The van der Waals surface area contributed by atoms with E-state index >= 15 is 0 Å². The number of rotatable bonds is 3. The van der Waals surface area contributed by atoms with Gasteiger partial charge in [0, 0.05) is 0 Å². The minimum atomic E-state index is -1.08. The number of aliphatic carboxylic acids is 1. The first-order valence-corrected chi connectivity index (χ1v) is 2.02. The molecule has 0 aliphatic heterocycles. The molecule has 0 spiro atoms. The molecule has 0 aliphatic rings. The van der Waals surface area contributed by atoms with Gasteiger partial charge in [0.15, 0.2) is 0 Å². The van der Waals surface area contributed by atoms with Crippen molar-refractivity contribution in [2.24, 2.45) is 5.73 Å². The molecule has 45 valence electrons. The predicted octanol–water partition coefficient (Wildman–Crippen LogP) is -1.10. The second kappa shape index (κ2) is 3.15. The fourth-order valence-electron chi connectivity index (χ4n) is 0.230. The molecule has 0 unspecified atom stereocenters. The molecule has 8 heavy (non-hydrogen) atoms. The van der Waals surface area contributed by atoms with E-state index in [1.54, 1.807) is 0 Å². The van der Waals surface area contributed by atoms with Gasteiger partial charge < -0.3 is 10.8 Å². The summed E-state index contributed by atoms with van der Waals surface area (Å²) in [6, 6.07) is -0.979. The summed E-state index contributed by atoms with van der Waals surface area (Å²) in [7, 11) is 0. The molecule has 0 fully saturated rings. The molecule has 0 saturated carbocycles. The highest BCUT2D eigenvalue weighted by molar-refractivity contribution is 5.73. The lowest BCUT2D eigenvalue weighted by Crippen LogP contribution is -2.24. The number of hydrogen-bond acceptors (Lipinski definition) is 3. The molecule has 0 aliphatic carbocycles. The Morgan fingerprint density at radius 1 is 1.88 bits per heavy atom. The molecular formula is C4H6NO3. The predicted molar refractivity (Wildman–Crippen MR) is 25.9 cm³/mol. The van der Waals surface area contributed by atoms with Gasteiger partial charge in [0.05, 0.1) is 12.5 Å². The van der Waals surface area contributed by atoms with Crippen molar-refractivity contribution in [1.82, 2.24) is 0 Å². The Labute approximate surface area is 46.3 Å². The highest BCUT2D eigenvalue weighted by Gasteiger charge is 2.05. The molecule has 3 N–H and O–H groups in total. The number of carboxylic acids is 1. The van der Waals surface area contributed by atoms with Crippen LogP contribution in [0.4, 0.5) is 0 Å². The quantitative estimate of drug-likeness (QED) is 0.490. The van der Waals surface area contributed by atoms with Gasteiger partial charge in [-0.3, -0.25) is 9.59 Å². The number of carbonyl (C=O) groups is 1. The highest BCUT2D eigenvalue weighted by atomic mass is 16.4. The summed E-state index contributed by atoms with van der Waals surface area (Å²) >= 11 is 0. The van der Waals surface area contributed by atoms with E-state index in [1.165, 1.54) is 6.29 Å². The molecule has 4 heteroatoms. The number of nitrogens with two attached hydrogens (primary N) is 1. The van der Waals surface area contributed by atoms with Crippen molar-refractivity contribution >= 4 is 12.3 Å². The van der Waals surface area contributed by atoms with Crippen molar-refractivity contribution in [3.8, 4) is 0 Å². The minimum absolute atomic E-state index is 0.344. The second-order valence-electron chi connectivity index (χ2n) is 1.32. The van der Waals surface area contributed by atoms with Gasteiger partial charge in [-0.15, -0.1) is 0 Å². The number of hydrogen-bond donors (Lipinski definition) is 2. The highest BCUT2D eigenvalue weighted by Crippen LogP contribution is 1.80. The Morgan fingerprint density at radius 2 is 2.38 bits per heavy atom. The van der Waals surface area contributed by atoms with Crippen LogP contribution in [0.5, 0.6) is 0 Å². The Kier molecular flexibility index (Phi) is 2.79. The second-order valence-corrected chi connectivity index (χ2v) is 1.32. The van der Waals surface area contributed by atoms with Crippen LogP contribution in [0.15, 0.2) is 0 Å². The van der Waals surface area contributed by atoms with Crippen molar-refractivity contribution in [1.29, 1.82) is 0 Å². The fourth-order valence-corrected chi connectivity index (χ4v) is 0.230. The summed E-state index contributed by atoms with van der Waals surface area (Å²) in [4.78, 5) is 19.2. The molecule has 1 atom stereocenters. The monoisotopic (exact) mass is 116 g/mol. The normalized spacial score (nSPS) is 12.6. The maximum absolute atomic E-state index is 9.71. The molecule has 0 aromatic carbocycles. The first kappa shape index (κ1) is 7.10. The van der Waals surface area contributed by atoms with Crippen LogP contribution in [-0.4, -0.2) is 23.4 Å². The van der Waals surface area contributed by atoms with Crippen LogP contribution in [-0.2, 0) is 9.59 Å². The van der Waals surface area contributed by atoms with E-state index in [4.69, 9.17) is 10.8 Å². The Morgan fingerprint density at radius 3 is 2.50 bits per heavy atom. The van der Waals surface area contributed by atoms with Crippen LogP contribution in [0, 0.1) is 0 Å². The van der Waals surface area contributed by atoms with Gasteiger partial charge in [0.1, 0.15) is 0 Å². The van der Waals surface area contributed by atoms with Gasteiger partial charge in [-0.1, -0.05) is 0 Å². The van der Waals surface area contributed by atoms with E-state index in [0.717, 1.165) is 0 Å². The molecular weight excluding hydrogens is 110 g/mol. The Balaban J connectivity index is 3.38. The fraction of sp³-hybridized carbons (Fsp3) is 0.500. The van der Waals surface area contributed by atoms with Crippen molar-refractivity contribution in [3.05, 3.63) is 0 Å². The van der Waals surface area contributed by atoms with Crippen LogP contribution < -0.4 is 5.73 Å². The summed E-state index contributed by atoms with van der Waals surface area (Å²) < 4.78 is 0. The maximum Gasteiger partial charge on any atom is 0.305 e. The topological polar surface area (TPSA) is 80.4 Å². The third-order valence-electron chi connectivity index (χ3n) is 0.546. The van der Waals surface area contributed by atoms with Crippen LogP contribution in [0.1, 0.15) is 6.42 Å². The van der Waals surface area contributed by atoms with E-state index in [-0.39, 0.29) is 6.42 Å². The zero-order chi connectivity index (χ0) is 6.57. The number of carbonyl (C=O) groups excluding carboxylic acids is 1. The van der Waals surface area contributed by atoms with Crippen molar-refractivity contribution in [2.45, 2.75) is 12.5 Å². The molecule has 0 rings (SSSR count). The van der Waals surface area contributed by atoms with Gasteiger partial charge in [-0.25, -0.2) is 0 Å². The van der Waals surface area contributed by atoms with Gasteiger partial charge >= 0.3 is 5.97 Å². The van der Waals surface area contributed by atoms with Crippen LogP contribution in [0.2, 0.25) is 0 Å². The average molecular weight is 116 g/mol. The Hall–Kier alpha value is -0.900. The van der Waals surface area contributed by atoms with Gasteiger partial charge in [0.25, 0.3) is 0 Å².